The molecule has 2 fully saturated rings. The molecule has 2 aliphatic rings. The predicted octanol–water partition coefficient (Wildman–Crippen LogP) is 5.78. The Morgan fingerprint density at radius 3 is 2.62 bits per heavy atom. The van der Waals surface area contributed by atoms with E-state index in [1.54, 1.807) is 6.20 Å². The summed E-state index contributed by atoms with van der Waals surface area (Å²) >= 11 is 0. The lowest BCUT2D eigenvalue weighted by Gasteiger charge is -2.32. The number of hydrogen-bond acceptors (Lipinski definition) is 8. The smallest absolute Gasteiger partial charge is 0.338 e. The van der Waals surface area contributed by atoms with Crippen LogP contribution in [0.1, 0.15) is 73.4 Å². The number of carbonyl (C=O) groups is 1. The van der Waals surface area contributed by atoms with Crippen LogP contribution in [0.25, 0.3) is 16.6 Å². The molecule has 2 saturated heterocycles. The maximum Gasteiger partial charge on any atom is 0.338 e. The second-order valence-electron chi connectivity index (χ2n) is 13.1. The third-order valence-electron chi connectivity index (χ3n) is 8.66. The summed E-state index contributed by atoms with van der Waals surface area (Å²) in [5, 5.41) is 4.31. The molecule has 1 aromatic carbocycles. The lowest BCUT2D eigenvalue weighted by molar-refractivity contribution is -0.0592. The number of piperidine rings is 1. The number of carbonyl (C=O) groups excluding carboxylic acids is 1. The van der Waals surface area contributed by atoms with Gasteiger partial charge >= 0.3 is 5.97 Å². The highest BCUT2D eigenvalue weighted by Gasteiger charge is 2.27. The van der Waals surface area contributed by atoms with Crippen LogP contribution in [0, 0.1) is 0 Å². The van der Waals surface area contributed by atoms with Crippen LogP contribution < -0.4 is 4.74 Å². The van der Waals surface area contributed by atoms with E-state index < -0.39 is 5.60 Å². The maximum atomic E-state index is 12.8. The predicted molar refractivity (Wildman–Crippen MR) is 170 cm³/mol. The Morgan fingerprint density at radius 1 is 1.00 bits per heavy atom. The third kappa shape index (κ3) is 6.57. The third-order valence-corrected chi connectivity index (χ3v) is 8.66. The van der Waals surface area contributed by atoms with Gasteiger partial charge in [-0.25, -0.2) is 19.3 Å². The van der Waals surface area contributed by atoms with Crippen molar-refractivity contribution < 1.29 is 19.0 Å². The molecule has 0 radical (unpaired) electrons. The van der Waals surface area contributed by atoms with E-state index >= 15 is 0 Å². The van der Waals surface area contributed by atoms with Gasteiger partial charge < -0.3 is 18.8 Å². The van der Waals surface area contributed by atoms with Crippen LogP contribution in [0.4, 0.5) is 0 Å². The second kappa shape index (κ2) is 12.3. The Balaban J connectivity index is 1.02. The Morgan fingerprint density at radius 2 is 1.84 bits per heavy atom. The van der Waals surface area contributed by atoms with Gasteiger partial charge in [0.2, 0.25) is 5.88 Å². The highest BCUT2D eigenvalue weighted by Crippen LogP contribution is 2.30. The number of fused-ring (bicyclic) bond motifs is 2. The van der Waals surface area contributed by atoms with Gasteiger partial charge in [0.15, 0.2) is 0 Å². The first-order valence-electron chi connectivity index (χ1n) is 15.9. The summed E-state index contributed by atoms with van der Waals surface area (Å²) < 4.78 is 21.7. The van der Waals surface area contributed by atoms with Crippen molar-refractivity contribution in [1.82, 2.24) is 29.0 Å². The molecule has 0 aliphatic carbocycles. The van der Waals surface area contributed by atoms with Crippen LogP contribution in [0.15, 0.2) is 67.0 Å². The number of rotatable bonds is 9. The van der Waals surface area contributed by atoms with Gasteiger partial charge in [-0.15, -0.1) is 0 Å². The molecule has 0 N–H and O–H groups in total. The molecule has 0 spiro atoms. The van der Waals surface area contributed by atoms with Crippen LogP contribution in [0.3, 0.4) is 0 Å². The van der Waals surface area contributed by atoms with Crippen molar-refractivity contribution in [1.29, 1.82) is 0 Å². The first-order chi connectivity index (χ1) is 21.8. The van der Waals surface area contributed by atoms with E-state index in [0.29, 0.717) is 24.0 Å². The minimum absolute atomic E-state index is 0.172. The molecule has 7 rings (SSSR count). The zero-order chi connectivity index (χ0) is 31.0. The summed E-state index contributed by atoms with van der Waals surface area (Å²) in [6.07, 6.45) is 6.97. The lowest BCUT2D eigenvalue weighted by atomic mass is 9.93. The van der Waals surface area contributed by atoms with Crippen molar-refractivity contribution in [2.75, 3.05) is 19.7 Å². The summed E-state index contributed by atoms with van der Waals surface area (Å²) in [5.41, 5.74) is 5.02. The van der Waals surface area contributed by atoms with Gasteiger partial charge in [-0.3, -0.25) is 4.90 Å². The quantitative estimate of drug-likeness (QED) is 0.194. The summed E-state index contributed by atoms with van der Waals surface area (Å²) in [6, 6.07) is 17.8. The van der Waals surface area contributed by atoms with E-state index in [9.17, 15) is 4.79 Å². The average Bonchev–Trinajstić information content (AvgIpc) is 3.62. The Labute approximate surface area is 262 Å². The van der Waals surface area contributed by atoms with Gasteiger partial charge in [-0.1, -0.05) is 12.1 Å². The van der Waals surface area contributed by atoms with Crippen molar-refractivity contribution in [3.8, 4) is 5.88 Å². The van der Waals surface area contributed by atoms with Crippen LogP contribution >= 0.6 is 0 Å². The minimum atomic E-state index is -0.552. The fraction of sp³-hybridized carbons (Fsp3) is 0.429. The fourth-order valence-electron chi connectivity index (χ4n) is 6.21. The van der Waals surface area contributed by atoms with E-state index in [-0.39, 0.29) is 12.1 Å². The molecule has 5 aromatic rings. The van der Waals surface area contributed by atoms with Crippen molar-refractivity contribution in [3.05, 3.63) is 89.6 Å². The molecule has 1 atom stereocenters. The van der Waals surface area contributed by atoms with Gasteiger partial charge in [0.05, 0.1) is 41.3 Å². The number of aromatic nitrogens is 5. The molecule has 234 valence electrons. The number of esters is 1. The first kappa shape index (κ1) is 29.4. The van der Waals surface area contributed by atoms with E-state index in [1.165, 1.54) is 0 Å². The lowest BCUT2D eigenvalue weighted by Crippen LogP contribution is -2.35. The first-order valence-corrected chi connectivity index (χ1v) is 15.9. The number of pyridine rings is 2. The average molecular weight is 609 g/mol. The van der Waals surface area contributed by atoms with Crippen LogP contribution in [0.5, 0.6) is 5.88 Å². The molecule has 4 aromatic heterocycles. The highest BCUT2D eigenvalue weighted by atomic mass is 16.6. The summed E-state index contributed by atoms with van der Waals surface area (Å²) in [4.78, 5) is 25.2. The number of nitrogens with zero attached hydrogens (tertiary/aromatic N) is 6. The number of ether oxygens (including phenoxy) is 3. The van der Waals surface area contributed by atoms with E-state index in [0.717, 1.165) is 85.7 Å². The summed E-state index contributed by atoms with van der Waals surface area (Å²) in [7, 11) is 0. The fourth-order valence-corrected chi connectivity index (χ4v) is 6.21. The molecule has 0 bridgehead atoms. The molecule has 0 amide bonds. The molecule has 2 aliphatic heterocycles. The second-order valence-corrected chi connectivity index (χ2v) is 13.1. The molecule has 1 unspecified atom stereocenters. The van der Waals surface area contributed by atoms with Gasteiger partial charge in [0.25, 0.3) is 0 Å². The largest absolute Gasteiger partial charge is 0.473 e. The van der Waals surface area contributed by atoms with Gasteiger partial charge in [-0.2, -0.15) is 5.10 Å². The molecular weight excluding hydrogens is 568 g/mol. The Bertz CT molecular complexity index is 1810. The van der Waals surface area contributed by atoms with Crippen molar-refractivity contribution in [2.24, 2.45) is 0 Å². The SMILES string of the molecule is CC(C)(C)OC(=O)c1ccc2nc(CN3CCC(c4cccc(OCc5cccn6nccc56)n4)CC3)n(CC3CCO3)c2c1. The number of likely N-dealkylation sites (tertiary alicyclic amines) is 1. The number of benzene rings is 1. The molecule has 45 heavy (non-hydrogen) atoms. The van der Waals surface area contributed by atoms with Crippen molar-refractivity contribution >= 4 is 22.5 Å². The van der Waals surface area contributed by atoms with Crippen LogP contribution in [-0.4, -0.2) is 66.4 Å². The van der Waals surface area contributed by atoms with E-state index in [4.69, 9.17) is 24.2 Å². The van der Waals surface area contributed by atoms with Gasteiger partial charge in [0.1, 0.15) is 18.0 Å². The summed E-state index contributed by atoms with van der Waals surface area (Å²) in [6.45, 7) is 10.3. The van der Waals surface area contributed by atoms with Gasteiger partial charge in [-0.05, 0) is 89.5 Å². The molecule has 0 saturated carbocycles. The molecule has 10 heteroatoms. The normalized spacial score (nSPS) is 17.9. The van der Waals surface area contributed by atoms with E-state index in [1.807, 2.05) is 73.9 Å². The monoisotopic (exact) mass is 608 g/mol. The van der Waals surface area contributed by atoms with Crippen molar-refractivity contribution in [2.45, 2.75) is 77.4 Å². The molecular formula is C35H40N6O4. The highest BCUT2D eigenvalue weighted by molar-refractivity contribution is 5.94. The zero-order valence-corrected chi connectivity index (χ0v) is 26.2. The van der Waals surface area contributed by atoms with E-state index in [2.05, 4.69) is 26.7 Å². The molecule has 10 nitrogen and oxygen atoms in total. The topological polar surface area (TPSA) is 96.0 Å². The Hall–Kier alpha value is -4.28. The number of hydrogen-bond donors (Lipinski definition) is 0. The maximum absolute atomic E-state index is 12.8. The Kier molecular flexibility index (Phi) is 8.01. The molecule has 6 heterocycles. The van der Waals surface area contributed by atoms with Gasteiger partial charge in [0, 0.05) is 42.2 Å². The summed E-state index contributed by atoms with van der Waals surface area (Å²) in [5.74, 6) is 1.71. The standard InChI is InChI=1S/C35H40N6O4/c1-35(2,3)45-34(42)25-9-10-29-31(20-25)40(21-27-14-19-43-27)32(37-29)22-39-17-12-24(13-18-39)28-7-4-8-33(38-28)44-23-26-6-5-16-41-30(26)11-15-36-41/h4-11,15-16,20,24,27H,12-14,17-19,21-23H2,1-3H3. The van der Waals surface area contributed by atoms with Crippen molar-refractivity contribution in [3.63, 3.8) is 0 Å². The number of imidazole rings is 1. The minimum Gasteiger partial charge on any atom is -0.473 e. The van der Waals surface area contributed by atoms with Crippen LogP contribution in [-0.2, 0) is 29.2 Å². The van der Waals surface area contributed by atoms with Crippen LogP contribution in [0.2, 0.25) is 0 Å². The zero-order valence-electron chi connectivity index (χ0n) is 26.2.